The Bertz CT molecular complexity index is 191. The molecular weight excluding hydrogens is 194 g/mol. The monoisotopic (exact) mass is 209 g/mol. The number of aliphatic hydroxyl groups excluding tert-OH is 5. The van der Waals surface area contributed by atoms with Crippen LogP contribution in [0.2, 0.25) is 0 Å². The van der Waals surface area contributed by atoms with E-state index < -0.39 is 43.4 Å². The van der Waals surface area contributed by atoms with E-state index in [1.807, 2.05) is 0 Å². The fraction of sp³-hybridized carbons (Fsp3) is 1.00. The molecule has 0 aromatic rings. The third-order valence-electron chi connectivity index (χ3n) is 2.28. The molecule has 0 bridgehead atoms. The van der Waals surface area contributed by atoms with Gasteiger partial charge in [0.05, 0.1) is 12.6 Å². The third kappa shape index (κ3) is 2.04. The molecule has 1 aliphatic heterocycles. The number of nitrogens with two attached hydrogens (primary N) is 1. The molecule has 0 spiro atoms. The van der Waals surface area contributed by atoms with Crippen molar-refractivity contribution < 1.29 is 30.3 Å². The average molecular weight is 209 g/mol. The maximum absolute atomic E-state index is 9.43. The van der Waals surface area contributed by atoms with Crippen molar-refractivity contribution in [2.45, 2.75) is 36.7 Å². The topological polar surface area (TPSA) is 136 Å². The van der Waals surface area contributed by atoms with E-state index in [4.69, 9.17) is 20.7 Å². The summed E-state index contributed by atoms with van der Waals surface area (Å²) in [6, 6.07) is -1.12. The van der Waals surface area contributed by atoms with E-state index in [-0.39, 0.29) is 0 Å². The average Bonchev–Trinajstić information content (AvgIpc) is 2.19. The van der Waals surface area contributed by atoms with Crippen molar-refractivity contribution in [3.63, 3.8) is 0 Å². The summed E-state index contributed by atoms with van der Waals surface area (Å²) in [4.78, 5) is 0. The van der Waals surface area contributed by atoms with Crippen LogP contribution in [0.4, 0.5) is 0 Å². The standard InChI is InChI=1S/C7H15NO6/c8-3-4(11)6(2(10)1-9)14-7(13)5(3)12/h2-7,9-13H,1,8H2/t2-,3+,4-,5-,6-,7-/m1/s1. The smallest absolute Gasteiger partial charge is 0.183 e. The van der Waals surface area contributed by atoms with Gasteiger partial charge in [0, 0.05) is 0 Å². The van der Waals surface area contributed by atoms with E-state index in [0.29, 0.717) is 0 Å². The Kier molecular flexibility index (Phi) is 3.78. The Balaban J connectivity index is 2.70. The molecule has 1 heterocycles. The molecule has 84 valence electrons. The van der Waals surface area contributed by atoms with Gasteiger partial charge in [-0.1, -0.05) is 0 Å². The van der Waals surface area contributed by atoms with Crippen molar-refractivity contribution in [2.24, 2.45) is 5.73 Å². The molecule has 1 aliphatic rings. The molecule has 1 fully saturated rings. The van der Waals surface area contributed by atoms with Gasteiger partial charge in [0.15, 0.2) is 6.29 Å². The fourth-order valence-electron chi connectivity index (χ4n) is 1.36. The zero-order valence-electron chi connectivity index (χ0n) is 7.39. The van der Waals surface area contributed by atoms with Gasteiger partial charge in [-0.3, -0.25) is 0 Å². The second-order valence-corrected chi connectivity index (χ2v) is 3.30. The van der Waals surface area contributed by atoms with E-state index in [1.165, 1.54) is 0 Å². The molecule has 6 atom stereocenters. The van der Waals surface area contributed by atoms with E-state index >= 15 is 0 Å². The van der Waals surface area contributed by atoms with Crippen LogP contribution in [0, 0.1) is 0 Å². The lowest BCUT2D eigenvalue weighted by atomic mass is 9.94. The van der Waals surface area contributed by atoms with E-state index in [1.54, 1.807) is 0 Å². The second kappa shape index (κ2) is 4.49. The van der Waals surface area contributed by atoms with Crippen LogP contribution in [0.25, 0.3) is 0 Å². The van der Waals surface area contributed by atoms with Crippen LogP contribution in [0.15, 0.2) is 0 Å². The first-order valence-corrected chi connectivity index (χ1v) is 4.23. The van der Waals surface area contributed by atoms with E-state index in [9.17, 15) is 15.3 Å². The highest BCUT2D eigenvalue weighted by molar-refractivity contribution is 4.94. The molecule has 0 aromatic carbocycles. The Morgan fingerprint density at radius 2 is 1.79 bits per heavy atom. The first kappa shape index (κ1) is 11.8. The molecule has 0 amide bonds. The lowest BCUT2D eigenvalue weighted by Gasteiger charge is -2.40. The maximum Gasteiger partial charge on any atom is 0.183 e. The summed E-state index contributed by atoms with van der Waals surface area (Å²) in [6.45, 7) is -0.628. The number of rotatable bonds is 2. The summed E-state index contributed by atoms with van der Waals surface area (Å²) < 4.78 is 4.70. The predicted octanol–water partition coefficient (Wildman–Crippen LogP) is -3.89. The molecule has 7 N–H and O–H groups in total. The van der Waals surface area contributed by atoms with Crippen LogP contribution in [-0.4, -0.2) is 68.9 Å². The van der Waals surface area contributed by atoms with Gasteiger partial charge < -0.3 is 36.0 Å². The predicted molar refractivity (Wildman–Crippen MR) is 44.0 cm³/mol. The summed E-state index contributed by atoms with van der Waals surface area (Å²) >= 11 is 0. The van der Waals surface area contributed by atoms with Crippen molar-refractivity contribution in [1.82, 2.24) is 0 Å². The Labute approximate surface area is 80.3 Å². The highest BCUT2D eigenvalue weighted by Crippen LogP contribution is 2.20. The fourth-order valence-corrected chi connectivity index (χ4v) is 1.36. The van der Waals surface area contributed by atoms with Crippen LogP contribution in [0.1, 0.15) is 0 Å². The number of aliphatic hydroxyl groups is 5. The van der Waals surface area contributed by atoms with Crippen molar-refractivity contribution in [3.8, 4) is 0 Å². The van der Waals surface area contributed by atoms with Crippen molar-refractivity contribution in [1.29, 1.82) is 0 Å². The van der Waals surface area contributed by atoms with Crippen LogP contribution in [0.3, 0.4) is 0 Å². The molecule has 0 radical (unpaired) electrons. The SMILES string of the molecule is N[C@H]1[C@@H](O)[C@@H]([C@H](O)CO)O[C@@H](O)[C@@H]1O. The first-order chi connectivity index (χ1) is 6.49. The second-order valence-electron chi connectivity index (χ2n) is 3.30. The Morgan fingerprint density at radius 1 is 1.21 bits per heavy atom. The molecule has 7 nitrogen and oxygen atoms in total. The third-order valence-corrected chi connectivity index (χ3v) is 2.28. The van der Waals surface area contributed by atoms with Gasteiger partial charge >= 0.3 is 0 Å². The van der Waals surface area contributed by atoms with Gasteiger partial charge in [0.25, 0.3) is 0 Å². The molecule has 14 heavy (non-hydrogen) atoms. The molecule has 0 aliphatic carbocycles. The zero-order valence-corrected chi connectivity index (χ0v) is 7.39. The number of hydrogen-bond acceptors (Lipinski definition) is 7. The van der Waals surface area contributed by atoms with Gasteiger partial charge in [-0.25, -0.2) is 0 Å². The normalized spacial score (nSPS) is 46.3. The van der Waals surface area contributed by atoms with E-state index in [0.717, 1.165) is 0 Å². The molecule has 7 heteroatoms. The first-order valence-electron chi connectivity index (χ1n) is 4.23. The minimum Gasteiger partial charge on any atom is -0.394 e. The summed E-state index contributed by atoms with van der Waals surface area (Å²) in [6.07, 6.45) is -6.87. The zero-order chi connectivity index (χ0) is 10.9. The van der Waals surface area contributed by atoms with Gasteiger partial charge in [-0.05, 0) is 0 Å². The molecule has 1 saturated heterocycles. The lowest BCUT2D eigenvalue weighted by molar-refractivity contribution is -0.272. The summed E-state index contributed by atoms with van der Waals surface area (Å²) in [7, 11) is 0. The van der Waals surface area contributed by atoms with Gasteiger partial charge in [0.1, 0.15) is 24.4 Å². The number of ether oxygens (including phenoxy) is 1. The van der Waals surface area contributed by atoms with Gasteiger partial charge in [-0.15, -0.1) is 0 Å². The van der Waals surface area contributed by atoms with Crippen LogP contribution in [0.5, 0.6) is 0 Å². The molecular formula is C7H15NO6. The summed E-state index contributed by atoms with van der Waals surface area (Å²) in [5.41, 5.74) is 5.36. The largest absolute Gasteiger partial charge is 0.394 e. The van der Waals surface area contributed by atoms with Crippen molar-refractivity contribution >= 4 is 0 Å². The quantitative estimate of drug-likeness (QED) is 0.273. The molecule has 1 rings (SSSR count). The molecule has 0 aromatic heterocycles. The summed E-state index contributed by atoms with van der Waals surface area (Å²) in [5, 5.41) is 45.6. The minimum absolute atomic E-state index is 0.628. The number of hydrogen-bond donors (Lipinski definition) is 6. The van der Waals surface area contributed by atoms with Gasteiger partial charge in [0.2, 0.25) is 0 Å². The summed E-state index contributed by atoms with van der Waals surface area (Å²) in [5.74, 6) is 0. The van der Waals surface area contributed by atoms with Crippen molar-refractivity contribution in [3.05, 3.63) is 0 Å². The highest BCUT2D eigenvalue weighted by atomic mass is 16.6. The van der Waals surface area contributed by atoms with Crippen LogP contribution < -0.4 is 5.73 Å². The Morgan fingerprint density at radius 3 is 2.29 bits per heavy atom. The minimum atomic E-state index is -1.57. The molecule has 0 unspecified atom stereocenters. The van der Waals surface area contributed by atoms with Crippen LogP contribution >= 0.6 is 0 Å². The lowest BCUT2D eigenvalue weighted by Crippen LogP contribution is -2.64. The maximum atomic E-state index is 9.43. The van der Waals surface area contributed by atoms with Crippen LogP contribution in [-0.2, 0) is 4.74 Å². The Hall–Kier alpha value is -0.280. The highest BCUT2D eigenvalue weighted by Gasteiger charge is 2.44. The van der Waals surface area contributed by atoms with Gasteiger partial charge in [-0.2, -0.15) is 0 Å². The van der Waals surface area contributed by atoms with Crippen molar-refractivity contribution in [2.75, 3.05) is 6.61 Å². The van der Waals surface area contributed by atoms with E-state index in [2.05, 4.69) is 0 Å². The molecule has 0 saturated carbocycles.